The predicted octanol–water partition coefficient (Wildman–Crippen LogP) is 1.90. The van der Waals surface area contributed by atoms with Gasteiger partial charge in [-0.3, -0.25) is 4.79 Å². The maximum atomic E-state index is 11.9. The molecule has 5 nitrogen and oxygen atoms in total. The van der Waals surface area contributed by atoms with Crippen molar-refractivity contribution in [3.05, 3.63) is 16.1 Å². The number of hydrogen-bond donors (Lipinski definition) is 1. The van der Waals surface area contributed by atoms with Crippen molar-refractivity contribution in [3.63, 3.8) is 0 Å². The summed E-state index contributed by atoms with van der Waals surface area (Å²) < 4.78 is 0.973. The highest BCUT2D eigenvalue weighted by molar-refractivity contribution is 14.1. The summed E-state index contributed by atoms with van der Waals surface area (Å²) in [7, 11) is 0. The summed E-state index contributed by atoms with van der Waals surface area (Å²) >= 11 is 2.18. The number of likely N-dealkylation sites (tertiary alicyclic amines) is 1. The number of carbonyl (C=O) groups is 1. The molecule has 0 radical (unpaired) electrons. The van der Waals surface area contributed by atoms with Crippen LogP contribution >= 0.6 is 22.6 Å². The van der Waals surface area contributed by atoms with Gasteiger partial charge in [0, 0.05) is 32.3 Å². The van der Waals surface area contributed by atoms with Gasteiger partial charge in [-0.05, 0) is 41.9 Å². The first-order chi connectivity index (χ1) is 8.77. The number of anilines is 1. The number of rotatable bonds is 4. The van der Waals surface area contributed by atoms with E-state index in [1.165, 1.54) is 12.7 Å². The van der Waals surface area contributed by atoms with E-state index in [-0.39, 0.29) is 5.91 Å². The lowest BCUT2D eigenvalue weighted by atomic mass is 10.1. The number of nitrogens with zero attached hydrogens (tertiary/aromatic N) is 3. The van der Waals surface area contributed by atoms with Crippen LogP contribution in [0.2, 0.25) is 0 Å². The first-order valence-electron chi connectivity index (χ1n) is 6.24. The van der Waals surface area contributed by atoms with Gasteiger partial charge in [0.15, 0.2) is 0 Å². The molecule has 2 heterocycles. The summed E-state index contributed by atoms with van der Waals surface area (Å²) in [6.45, 7) is 2.47. The molecule has 0 unspecified atom stereocenters. The van der Waals surface area contributed by atoms with Crippen molar-refractivity contribution in [2.45, 2.75) is 25.7 Å². The van der Waals surface area contributed by atoms with Crippen LogP contribution in [0, 0.1) is 3.57 Å². The lowest BCUT2D eigenvalue weighted by molar-refractivity contribution is -0.131. The molecule has 0 aliphatic carbocycles. The number of halogens is 1. The Labute approximate surface area is 121 Å². The average Bonchev–Trinajstić information content (AvgIpc) is 2.42. The fourth-order valence-electron chi connectivity index (χ4n) is 2.03. The predicted molar refractivity (Wildman–Crippen MR) is 78.3 cm³/mol. The zero-order valence-corrected chi connectivity index (χ0v) is 12.4. The summed E-state index contributed by atoms with van der Waals surface area (Å²) in [5, 5.41) is 3.18. The molecule has 1 aliphatic heterocycles. The molecular weight excluding hydrogens is 343 g/mol. The molecule has 6 heteroatoms. The Morgan fingerprint density at radius 3 is 2.89 bits per heavy atom. The van der Waals surface area contributed by atoms with E-state index in [0.717, 1.165) is 35.3 Å². The van der Waals surface area contributed by atoms with Crippen molar-refractivity contribution in [2.75, 3.05) is 25.0 Å². The molecule has 0 atom stereocenters. The molecule has 1 aliphatic rings. The summed E-state index contributed by atoms with van der Waals surface area (Å²) in [5.74, 6) is 1.04. The van der Waals surface area contributed by atoms with Gasteiger partial charge in [-0.1, -0.05) is 0 Å². The Kier molecular flexibility index (Phi) is 5.15. The second-order valence-electron chi connectivity index (χ2n) is 4.34. The third kappa shape index (κ3) is 3.79. The first kappa shape index (κ1) is 13.5. The molecule has 0 spiro atoms. The van der Waals surface area contributed by atoms with Gasteiger partial charge in [-0.25, -0.2) is 9.97 Å². The van der Waals surface area contributed by atoms with Crippen LogP contribution in [0.25, 0.3) is 0 Å². The van der Waals surface area contributed by atoms with Crippen LogP contribution in [0.3, 0.4) is 0 Å². The number of carbonyl (C=O) groups excluding carboxylic acids is 1. The van der Waals surface area contributed by atoms with E-state index in [2.05, 4.69) is 37.9 Å². The van der Waals surface area contributed by atoms with E-state index in [4.69, 9.17) is 0 Å². The van der Waals surface area contributed by atoms with Crippen molar-refractivity contribution in [3.8, 4) is 0 Å². The van der Waals surface area contributed by atoms with Gasteiger partial charge in [-0.2, -0.15) is 0 Å². The molecule has 1 amide bonds. The second kappa shape index (κ2) is 6.86. The monoisotopic (exact) mass is 360 g/mol. The van der Waals surface area contributed by atoms with Gasteiger partial charge in [0.2, 0.25) is 5.91 Å². The SMILES string of the molecule is O=C(CCNc1ncncc1I)N1CCCCC1. The van der Waals surface area contributed by atoms with Crippen LogP contribution < -0.4 is 5.32 Å². The Morgan fingerprint density at radius 2 is 2.17 bits per heavy atom. The molecule has 1 fully saturated rings. The minimum absolute atomic E-state index is 0.242. The Hall–Kier alpha value is -0.920. The van der Waals surface area contributed by atoms with Gasteiger partial charge < -0.3 is 10.2 Å². The van der Waals surface area contributed by atoms with Gasteiger partial charge in [-0.15, -0.1) is 0 Å². The minimum atomic E-state index is 0.242. The highest BCUT2D eigenvalue weighted by atomic mass is 127. The fraction of sp³-hybridized carbons (Fsp3) is 0.583. The molecule has 2 rings (SSSR count). The van der Waals surface area contributed by atoms with E-state index < -0.39 is 0 Å². The zero-order chi connectivity index (χ0) is 12.8. The third-order valence-corrected chi connectivity index (χ3v) is 3.80. The largest absolute Gasteiger partial charge is 0.369 e. The van der Waals surface area contributed by atoms with Crippen molar-refractivity contribution in [1.82, 2.24) is 14.9 Å². The van der Waals surface area contributed by atoms with Crippen molar-refractivity contribution >= 4 is 34.3 Å². The topological polar surface area (TPSA) is 58.1 Å². The normalized spacial score (nSPS) is 15.5. The number of amides is 1. The van der Waals surface area contributed by atoms with Crippen LogP contribution in [-0.4, -0.2) is 40.4 Å². The van der Waals surface area contributed by atoms with Crippen molar-refractivity contribution in [2.24, 2.45) is 0 Å². The Bertz CT molecular complexity index is 407. The van der Waals surface area contributed by atoms with Crippen molar-refractivity contribution < 1.29 is 4.79 Å². The molecule has 98 valence electrons. The molecule has 1 N–H and O–H groups in total. The maximum Gasteiger partial charge on any atom is 0.224 e. The van der Waals surface area contributed by atoms with E-state index in [1.807, 2.05) is 4.90 Å². The molecule has 0 aromatic carbocycles. The van der Waals surface area contributed by atoms with Crippen molar-refractivity contribution in [1.29, 1.82) is 0 Å². The zero-order valence-electron chi connectivity index (χ0n) is 10.2. The number of aromatic nitrogens is 2. The quantitative estimate of drug-likeness (QED) is 0.834. The number of nitrogens with one attached hydrogen (secondary N) is 1. The second-order valence-corrected chi connectivity index (χ2v) is 5.50. The molecular formula is C12H17IN4O. The van der Waals surface area contributed by atoms with E-state index in [1.54, 1.807) is 6.20 Å². The van der Waals surface area contributed by atoms with Gasteiger partial charge in [0.25, 0.3) is 0 Å². The fourth-order valence-corrected chi connectivity index (χ4v) is 2.52. The Balaban J connectivity index is 1.75. The molecule has 1 saturated heterocycles. The van der Waals surface area contributed by atoms with Crippen LogP contribution in [0.15, 0.2) is 12.5 Å². The first-order valence-corrected chi connectivity index (χ1v) is 7.32. The minimum Gasteiger partial charge on any atom is -0.369 e. The molecule has 0 bridgehead atoms. The van der Waals surface area contributed by atoms with Crippen LogP contribution in [0.1, 0.15) is 25.7 Å². The van der Waals surface area contributed by atoms with Gasteiger partial charge in [0.05, 0.1) is 3.57 Å². The van der Waals surface area contributed by atoms with E-state index in [0.29, 0.717) is 13.0 Å². The summed E-state index contributed by atoms with van der Waals surface area (Å²) in [6, 6.07) is 0. The molecule has 18 heavy (non-hydrogen) atoms. The highest BCUT2D eigenvalue weighted by Gasteiger charge is 2.15. The summed E-state index contributed by atoms with van der Waals surface area (Å²) in [4.78, 5) is 22.0. The third-order valence-electron chi connectivity index (χ3n) is 3.01. The smallest absolute Gasteiger partial charge is 0.224 e. The van der Waals surface area contributed by atoms with E-state index >= 15 is 0 Å². The number of hydrogen-bond acceptors (Lipinski definition) is 4. The molecule has 1 aromatic heterocycles. The van der Waals surface area contributed by atoms with Gasteiger partial charge >= 0.3 is 0 Å². The maximum absolute atomic E-state index is 11.9. The lowest BCUT2D eigenvalue weighted by Crippen LogP contribution is -2.36. The molecule has 1 aromatic rings. The van der Waals surface area contributed by atoms with Crippen LogP contribution in [0.5, 0.6) is 0 Å². The number of piperidine rings is 1. The Morgan fingerprint density at radius 1 is 1.39 bits per heavy atom. The summed E-state index contributed by atoms with van der Waals surface area (Å²) in [6.07, 6.45) is 7.33. The van der Waals surface area contributed by atoms with Gasteiger partial charge in [0.1, 0.15) is 12.1 Å². The van der Waals surface area contributed by atoms with Crippen LogP contribution in [-0.2, 0) is 4.79 Å². The standard InChI is InChI=1S/C12H17IN4O/c13-10-8-14-9-16-12(10)15-5-4-11(18)17-6-2-1-3-7-17/h8-9H,1-7H2,(H,14,15,16). The highest BCUT2D eigenvalue weighted by Crippen LogP contribution is 2.13. The summed E-state index contributed by atoms with van der Waals surface area (Å²) in [5.41, 5.74) is 0. The molecule has 0 saturated carbocycles. The lowest BCUT2D eigenvalue weighted by Gasteiger charge is -2.26. The average molecular weight is 360 g/mol. The van der Waals surface area contributed by atoms with E-state index in [9.17, 15) is 4.79 Å². The van der Waals surface area contributed by atoms with Crippen LogP contribution in [0.4, 0.5) is 5.82 Å².